The topological polar surface area (TPSA) is 76.5 Å². The molecule has 180 valence electrons. The van der Waals surface area contributed by atoms with Crippen molar-refractivity contribution in [2.75, 3.05) is 19.0 Å². The van der Waals surface area contributed by atoms with Crippen LogP contribution in [0, 0.1) is 0 Å². The summed E-state index contributed by atoms with van der Waals surface area (Å²) in [6.45, 7) is 4.32. The first-order chi connectivity index (χ1) is 16.9. The van der Waals surface area contributed by atoms with Crippen molar-refractivity contribution in [1.29, 1.82) is 0 Å². The number of nitrogens with one attached hydrogen (secondary N) is 1. The van der Waals surface area contributed by atoms with Crippen LogP contribution in [0.4, 0.5) is 10.5 Å². The second kappa shape index (κ2) is 10.6. The monoisotopic (exact) mass is 490 g/mol. The number of carbonyl (C=O) groups is 1. The van der Waals surface area contributed by atoms with Crippen LogP contribution < -0.4 is 15.6 Å². The first kappa shape index (κ1) is 24.3. The van der Waals surface area contributed by atoms with Crippen LogP contribution in [0.15, 0.2) is 77.6 Å². The van der Waals surface area contributed by atoms with Crippen LogP contribution in [0.3, 0.4) is 0 Å². The minimum absolute atomic E-state index is 0.228. The quantitative estimate of drug-likeness (QED) is 0.342. The van der Waals surface area contributed by atoms with E-state index in [4.69, 9.17) is 21.3 Å². The molecule has 4 rings (SSSR count). The molecule has 1 aromatic heterocycles. The van der Waals surface area contributed by atoms with Crippen molar-refractivity contribution >= 4 is 34.2 Å². The van der Waals surface area contributed by atoms with Crippen molar-refractivity contribution < 1.29 is 9.53 Å². The number of ether oxygens (including phenoxy) is 1. The third kappa shape index (κ3) is 5.00. The zero-order valence-corrected chi connectivity index (χ0v) is 20.6. The number of urea groups is 1. The van der Waals surface area contributed by atoms with Gasteiger partial charge in [0.05, 0.1) is 29.7 Å². The van der Waals surface area contributed by atoms with E-state index in [1.54, 1.807) is 59.0 Å². The maximum absolute atomic E-state index is 13.7. The number of hydrogen-bond donors (Lipinski definition) is 1. The van der Waals surface area contributed by atoms with E-state index in [0.717, 1.165) is 6.42 Å². The van der Waals surface area contributed by atoms with Crippen LogP contribution in [0.2, 0.25) is 5.02 Å². The number of fused-ring (bicyclic) bond motifs is 1. The second-order valence-electron chi connectivity index (χ2n) is 8.11. The average molecular weight is 491 g/mol. The van der Waals surface area contributed by atoms with Gasteiger partial charge >= 0.3 is 6.03 Å². The maximum Gasteiger partial charge on any atom is 0.322 e. The number of halogens is 1. The molecule has 0 spiro atoms. The van der Waals surface area contributed by atoms with Crippen molar-refractivity contribution in [2.24, 2.45) is 0 Å². The molecule has 0 aliphatic carbocycles. The number of methoxy groups -OCH3 is 1. The molecule has 4 aromatic rings. The molecule has 1 unspecified atom stereocenters. The first-order valence-corrected chi connectivity index (χ1v) is 11.8. The van der Waals surface area contributed by atoms with E-state index in [1.807, 2.05) is 44.2 Å². The van der Waals surface area contributed by atoms with Crippen molar-refractivity contribution in [2.45, 2.75) is 26.3 Å². The first-order valence-electron chi connectivity index (χ1n) is 11.4. The van der Waals surface area contributed by atoms with E-state index in [-0.39, 0.29) is 11.6 Å². The highest BCUT2D eigenvalue weighted by molar-refractivity contribution is 6.30. The predicted molar refractivity (Wildman–Crippen MR) is 140 cm³/mol. The predicted octanol–water partition coefficient (Wildman–Crippen LogP) is 6.05. The van der Waals surface area contributed by atoms with Gasteiger partial charge in [-0.05, 0) is 55.8 Å². The highest BCUT2D eigenvalue weighted by Gasteiger charge is 2.27. The van der Waals surface area contributed by atoms with Gasteiger partial charge in [-0.1, -0.05) is 48.9 Å². The standard InChI is InChI=1S/C27H27ClN4O3/c1-4-16-31(27(34)29-20-11-9-10-19(28)17-20)18(2)25-30-22-13-6-5-12-21(22)26(33)32(25)23-14-7-8-15-24(23)35-3/h5-15,17-18H,4,16H2,1-3H3,(H,29,34). The third-order valence-electron chi connectivity index (χ3n) is 5.77. The number of amides is 2. The van der Waals surface area contributed by atoms with E-state index >= 15 is 0 Å². The van der Waals surface area contributed by atoms with Crippen molar-refractivity contribution in [1.82, 2.24) is 14.5 Å². The molecule has 2 amide bonds. The Labute approximate surface area is 208 Å². The van der Waals surface area contributed by atoms with Gasteiger partial charge in [0, 0.05) is 17.3 Å². The second-order valence-corrected chi connectivity index (χ2v) is 8.55. The van der Waals surface area contributed by atoms with Crippen LogP contribution in [0.5, 0.6) is 5.75 Å². The van der Waals surface area contributed by atoms with Crippen molar-refractivity contribution in [3.63, 3.8) is 0 Å². The molecule has 35 heavy (non-hydrogen) atoms. The molecule has 1 atom stereocenters. The van der Waals surface area contributed by atoms with E-state index < -0.39 is 6.04 Å². The largest absolute Gasteiger partial charge is 0.495 e. The fourth-order valence-corrected chi connectivity index (χ4v) is 4.28. The molecule has 3 aromatic carbocycles. The normalized spacial score (nSPS) is 11.8. The summed E-state index contributed by atoms with van der Waals surface area (Å²) in [5, 5.41) is 3.93. The number of nitrogens with zero attached hydrogens (tertiary/aromatic N) is 3. The van der Waals surface area contributed by atoms with Gasteiger partial charge in [0.1, 0.15) is 11.6 Å². The highest BCUT2D eigenvalue weighted by atomic mass is 35.5. The molecule has 8 heteroatoms. The summed E-state index contributed by atoms with van der Waals surface area (Å²) in [5.74, 6) is 0.971. The SMILES string of the molecule is CCCN(C(=O)Nc1cccc(Cl)c1)C(C)c1nc2ccccc2c(=O)n1-c1ccccc1OC. The lowest BCUT2D eigenvalue weighted by molar-refractivity contribution is 0.189. The van der Waals surface area contributed by atoms with Crippen LogP contribution in [0.25, 0.3) is 16.6 Å². The van der Waals surface area contributed by atoms with Gasteiger partial charge in [0.2, 0.25) is 0 Å². The van der Waals surface area contributed by atoms with Crippen molar-refractivity contribution in [3.05, 3.63) is 94.0 Å². The molecule has 0 radical (unpaired) electrons. The summed E-state index contributed by atoms with van der Waals surface area (Å²) >= 11 is 6.09. The van der Waals surface area contributed by atoms with Gasteiger partial charge in [-0.2, -0.15) is 0 Å². The number of rotatable bonds is 7. The molecule has 0 aliphatic heterocycles. The molecular formula is C27H27ClN4O3. The summed E-state index contributed by atoms with van der Waals surface area (Å²) in [4.78, 5) is 33.6. The van der Waals surface area contributed by atoms with Crippen LogP contribution >= 0.6 is 11.6 Å². The molecule has 1 heterocycles. The fourth-order valence-electron chi connectivity index (χ4n) is 4.09. The molecule has 0 saturated heterocycles. The summed E-state index contributed by atoms with van der Waals surface area (Å²) in [5.41, 5.74) is 1.49. The highest BCUT2D eigenvalue weighted by Crippen LogP contribution is 2.28. The number of anilines is 1. The van der Waals surface area contributed by atoms with Gasteiger partial charge in [-0.15, -0.1) is 0 Å². The zero-order chi connectivity index (χ0) is 24.9. The van der Waals surface area contributed by atoms with Gasteiger partial charge < -0.3 is 15.0 Å². The molecular weight excluding hydrogens is 464 g/mol. The van der Waals surface area contributed by atoms with E-state index in [2.05, 4.69) is 5.32 Å². The molecule has 0 aliphatic rings. The Bertz CT molecular complexity index is 1420. The Morgan fingerprint density at radius 3 is 2.60 bits per heavy atom. The smallest absolute Gasteiger partial charge is 0.322 e. The Morgan fingerprint density at radius 2 is 1.86 bits per heavy atom. The minimum Gasteiger partial charge on any atom is -0.495 e. The van der Waals surface area contributed by atoms with E-state index in [0.29, 0.717) is 45.4 Å². The van der Waals surface area contributed by atoms with E-state index in [1.165, 1.54) is 0 Å². The number of benzene rings is 3. The third-order valence-corrected chi connectivity index (χ3v) is 6.01. The fraction of sp³-hybridized carbons (Fsp3) is 0.222. The van der Waals surface area contributed by atoms with Crippen LogP contribution in [0.1, 0.15) is 32.1 Å². The van der Waals surface area contributed by atoms with Crippen LogP contribution in [-0.4, -0.2) is 34.1 Å². The lowest BCUT2D eigenvalue weighted by Gasteiger charge is -2.30. The van der Waals surface area contributed by atoms with Gasteiger partial charge in [0.25, 0.3) is 5.56 Å². The Kier molecular flexibility index (Phi) is 7.36. The molecule has 0 saturated carbocycles. The number of carbonyl (C=O) groups excluding carboxylic acids is 1. The minimum atomic E-state index is -0.531. The summed E-state index contributed by atoms with van der Waals surface area (Å²) in [6.07, 6.45) is 0.722. The summed E-state index contributed by atoms with van der Waals surface area (Å²) in [7, 11) is 1.56. The zero-order valence-electron chi connectivity index (χ0n) is 19.9. The van der Waals surface area contributed by atoms with E-state index in [9.17, 15) is 9.59 Å². The Hall–Kier alpha value is -3.84. The average Bonchev–Trinajstić information content (AvgIpc) is 2.87. The van der Waals surface area contributed by atoms with Gasteiger partial charge in [-0.25, -0.2) is 9.78 Å². The van der Waals surface area contributed by atoms with Crippen molar-refractivity contribution in [3.8, 4) is 11.4 Å². The maximum atomic E-state index is 13.7. The molecule has 0 bridgehead atoms. The van der Waals surface area contributed by atoms with Crippen LogP contribution in [-0.2, 0) is 0 Å². The lowest BCUT2D eigenvalue weighted by atomic mass is 10.1. The van der Waals surface area contributed by atoms with Gasteiger partial charge in [0.15, 0.2) is 0 Å². The number of para-hydroxylation sites is 3. The molecule has 1 N–H and O–H groups in total. The van der Waals surface area contributed by atoms with Gasteiger partial charge in [-0.3, -0.25) is 9.36 Å². The molecule has 0 fully saturated rings. The Morgan fingerprint density at radius 1 is 1.11 bits per heavy atom. The summed E-state index contributed by atoms with van der Waals surface area (Å²) < 4.78 is 7.10. The number of aromatic nitrogens is 2. The Balaban J connectivity index is 1.86. The molecule has 7 nitrogen and oxygen atoms in total. The number of hydrogen-bond acceptors (Lipinski definition) is 4. The summed E-state index contributed by atoms with van der Waals surface area (Å²) in [6, 6.07) is 20.6. The lowest BCUT2D eigenvalue weighted by Crippen LogP contribution is -2.40.